The summed E-state index contributed by atoms with van der Waals surface area (Å²) >= 11 is 7.54. The van der Waals surface area contributed by atoms with Crippen LogP contribution in [0, 0.1) is 0 Å². The molecule has 0 fully saturated rings. The van der Waals surface area contributed by atoms with Gasteiger partial charge in [0.1, 0.15) is 7.85 Å². The normalized spacial score (nSPS) is 18.4. The van der Waals surface area contributed by atoms with Gasteiger partial charge >= 0.3 is 0 Å². The average Bonchev–Trinajstić information content (AvgIpc) is 2.20. The second-order valence-corrected chi connectivity index (χ2v) is 4.53. The highest BCUT2D eigenvalue weighted by Crippen LogP contribution is 2.33. The molecule has 1 aliphatic rings. The highest BCUT2D eigenvalue weighted by Gasteiger charge is 2.21. The molecule has 1 aromatic rings. The van der Waals surface area contributed by atoms with E-state index in [1.807, 2.05) is 26.0 Å². The van der Waals surface area contributed by atoms with Gasteiger partial charge in [0.2, 0.25) is 0 Å². The average molecular weight is 223 g/mol. The summed E-state index contributed by atoms with van der Waals surface area (Å²) in [6, 6.07) is 5.48. The maximum atomic E-state index is 11.9. The van der Waals surface area contributed by atoms with Gasteiger partial charge in [0, 0.05) is 21.2 Å². The lowest BCUT2D eigenvalue weighted by molar-refractivity contribution is 0.103. The van der Waals surface area contributed by atoms with Crippen LogP contribution in [0.4, 0.5) is 0 Å². The highest BCUT2D eigenvalue weighted by atomic mass is 35.5. The zero-order valence-electron chi connectivity index (χ0n) is 7.71. The molecule has 0 aliphatic carbocycles. The van der Waals surface area contributed by atoms with Crippen molar-refractivity contribution in [1.82, 2.24) is 0 Å². The molecule has 14 heavy (non-hydrogen) atoms. The standard InChI is InChI=1S/C10H8BClOS/c11-4-6-5-14-9-2-1-7(12)3-8(9)10(6)13/h1-4H,5,11H2/b6-4+. The first kappa shape index (κ1) is 9.87. The van der Waals surface area contributed by atoms with Gasteiger partial charge < -0.3 is 0 Å². The maximum absolute atomic E-state index is 11.9. The van der Waals surface area contributed by atoms with E-state index in [1.165, 1.54) is 0 Å². The number of thioether (sulfide) groups is 1. The molecular weight excluding hydrogens is 214 g/mol. The summed E-state index contributed by atoms with van der Waals surface area (Å²) in [7, 11) is 1.89. The number of halogens is 1. The van der Waals surface area contributed by atoms with Gasteiger partial charge in [0.15, 0.2) is 5.78 Å². The first-order chi connectivity index (χ1) is 6.72. The van der Waals surface area contributed by atoms with Crippen LogP contribution in [0.2, 0.25) is 5.02 Å². The Morgan fingerprint density at radius 1 is 1.50 bits per heavy atom. The number of benzene rings is 1. The molecule has 1 aromatic carbocycles. The van der Waals surface area contributed by atoms with Crippen molar-refractivity contribution in [2.45, 2.75) is 4.90 Å². The SMILES string of the molecule is B/C=C1\CSc2ccc(Cl)cc2C1=O. The van der Waals surface area contributed by atoms with Crippen molar-refractivity contribution in [3.63, 3.8) is 0 Å². The molecule has 4 heteroatoms. The molecule has 0 amide bonds. The summed E-state index contributed by atoms with van der Waals surface area (Å²) in [5.41, 5.74) is 1.60. The summed E-state index contributed by atoms with van der Waals surface area (Å²) in [6.45, 7) is 0. The van der Waals surface area contributed by atoms with Crippen LogP contribution in [0.15, 0.2) is 34.6 Å². The number of hydrogen-bond acceptors (Lipinski definition) is 2. The van der Waals surface area contributed by atoms with Crippen LogP contribution in [0.1, 0.15) is 10.4 Å². The largest absolute Gasteiger partial charge is 0.289 e. The number of fused-ring (bicyclic) bond motifs is 1. The zero-order chi connectivity index (χ0) is 10.1. The van der Waals surface area contributed by atoms with Gasteiger partial charge in [-0.1, -0.05) is 11.6 Å². The van der Waals surface area contributed by atoms with E-state index in [9.17, 15) is 4.79 Å². The molecule has 0 saturated carbocycles. The van der Waals surface area contributed by atoms with E-state index in [0.29, 0.717) is 5.02 Å². The molecule has 1 heterocycles. The van der Waals surface area contributed by atoms with Crippen molar-refractivity contribution >= 4 is 37.0 Å². The fraction of sp³-hybridized carbons (Fsp3) is 0.100. The van der Waals surface area contributed by atoms with Gasteiger partial charge in [-0.15, -0.1) is 17.7 Å². The maximum Gasteiger partial charge on any atom is 0.189 e. The van der Waals surface area contributed by atoms with Gasteiger partial charge in [-0.2, -0.15) is 0 Å². The Bertz CT molecular complexity index is 428. The van der Waals surface area contributed by atoms with E-state index in [-0.39, 0.29) is 5.78 Å². The van der Waals surface area contributed by atoms with E-state index in [1.54, 1.807) is 17.8 Å². The van der Waals surface area contributed by atoms with Crippen LogP contribution >= 0.6 is 23.4 Å². The first-order valence-corrected chi connectivity index (χ1v) is 5.71. The van der Waals surface area contributed by atoms with Crippen LogP contribution in [-0.2, 0) is 0 Å². The minimum absolute atomic E-state index is 0.115. The quantitative estimate of drug-likeness (QED) is 0.494. The number of hydrogen-bond donors (Lipinski definition) is 0. The lowest BCUT2D eigenvalue weighted by atomic mass is 9.98. The molecule has 70 valence electrons. The van der Waals surface area contributed by atoms with Gasteiger partial charge in [-0.3, -0.25) is 4.79 Å². The Morgan fingerprint density at radius 2 is 2.29 bits per heavy atom. The first-order valence-electron chi connectivity index (χ1n) is 4.34. The van der Waals surface area contributed by atoms with Gasteiger partial charge in [-0.05, 0) is 23.8 Å². The molecule has 0 spiro atoms. The van der Waals surface area contributed by atoms with Crippen molar-refractivity contribution in [1.29, 1.82) is 0 Å². The minimum atomic E-state index is 0.115. The lowest BCUT2D eigenvalue weighted by Gasteiger charge is -2.16. The van der Waals surface area contributed by atoms with Crippen LogP contribution in [-0.4, -0.2) is 19.4 Å². The van der Waals surface area contributed by atoms with E-state index < -0.39 is 0 Å². The number of rotatable bonds is 0. The van der Waals surface area contributed by atoms with Crippen molar-refractivity contribution in [2.24, 2.45) is 0 Å². The van der Waals surface area contributed by atoms with Crippen molar-refractivity contribution in [3.8, 4) is 0 Å². The van der Waals surface area contributed by atoms with Crippen LogP contribution < -0.4 is 0 Å². The fourth-order valence-corrected chi connectivity index (χ4v) is 2.67. The smallest absolute Gasteiger partial charge is 0.189 e. The predicted octanol–water partition coefficient (Wildman–Crippen LogP) is 2.15. The third kappa shape index (κ3) is 1.62. The van der Waals surface area contributed by atoms with Crippen molar-refractivity contribution in [2.75, 3.05) is 5.75 Å². The third-order valence-electron chi connectivity index (χ3n) is 2.21. The van der Waals surface area contributed by atoms with E-state index in [0.717, 1.165) is 21.8 Å². The molecule has 1 aliphatic heterocycles. The summed E-state index contributed by atoms with van der Waals surface area (Å²) < 4.78 is 0. The molecular formula is C10H8BClOS. The number of ketones is 1. The summed E-state index contributed by atoms with van der Waals surface area (Å²) in [5.74, 6) is 2.76. The molecule has 1 nitrogen and oxygen atoms in total. The summed E-state index contributed by atoms with van der Waals surface area (Å²) in [6.07, 6.45) is 0. The number of carbonyl (C=O) groups excluding carboxylic acids is 1. The molecule has 0 saturated heterocycles. The highest BCUT2D eigenvalue weighted by molar-refractivity contribution is 7.99. The van der Waals surface area contributed by atoms with Crippen LogP contribution in [0.25, 0.3) is 0 Å². The molecule has 0 atom stereocenters. The lowest BCUT2D eigenvalue weighted by Crippen LogP contribution is -2.12. The fourth-order valence-electron chi connectivity index (χ4n) is 1.41. The topological polar surface area (TPSA) is 17.1 Å². The van der Waals surface area contributed by atoms with Gasteiger partial charge in [0.05, 0.1) is 0 Å². The van der Waals surface area contributed by atoms with E-state index in [2.05, 4.69) is 0 Å². The third-order valence-corrected chi connectivity index (χ3v) is 3.57. The molecule has 0 unspecified atom stereocenters. The Balaban J connectivity index is 2.54. The molecule has 0 bridgehead atoms. The van der Waals surface area contributed by atoms with E-state index in [4.69, 9.17) is 11.6 Å². The molecule has 0 N–H and O–H groups in total. The zero-order valence-corrected chi connectivity index (χ0v) is 9.28. The number of carbonyl (C=O) groups is 1. The van der Waals surface area contributed by atoms with Gasteiger partial charge in [0.25, 0.3) is 0 Å². The van der Waals surface area contributed by atoms with Crippen LogP contribution in [0.5, 0.6) is 0 Å². The monoisotopic (exact) mass is 222 g/mol. The Kier molecular flexibility index (Phi) is 2.70. The van der Waals surface area contributed by atoms with E-state index >= 15 is 0 Å². The van der Waals surface area contributed by atoms with Gasteiger partial charge in [-0.25, -0.2) is 0 Å². The Hall–Kier alpha value is -0.665. The Morgan fingerprint density at radius 3 is 3.00 bits per heavy atom. The second kappa shape index (κ2) is 3.83. The van der Waals surface area contributed by atoms with Crippen LogP contribution in [0.3, 0.4) is 0 Å². The molecule has 0 radical (unpaired) electrons. The minimum Gasteiger partial charge on any atom is -0.289 e. The van der Waals surface area contributed by atoms with Crippen molar-refractivity contribution in [3.05, 3.63) is 40.3 Å². The number of Topliss-reactive ketones (excluding diaryl/α,β-unsaturated/α-hetero) is 1. The predicted molar refractivity (Wildman–Crippen MR) is 63.1 cm³/mol. The molecule has 2 rings (SSSR count). The Labute approximate surface area is 92.9 Å². The molecule has 0 aromatic heterocycles. The summed E-state index contributed by atoms with van der Waals surface area (Å²) in [4.78, 5) is 12.9. The van der Waals surface area contributed by atoms with Crippen molar-refractivity contribution < 1.29 is 4.79 Å². The summed E-state index contributed by atoms with van der Waals surface area (Å²) in [5, 5.41) is 0.620. The second-order valence-electron chi connectivity index (χ2n) is 3.07.